The molecule has 0 aliphatic heterocycles. The van der Waals surface area contributed by atoms with Gasteiger partial charge in [0, 0.05) is 18.9 Å². The normalized spacial score (nSPS) is 13.1. The van der Waals surface area contributed by atoms with E-state index in [4.69, 9.17) is 0 Å². The highest BCUT2D eigenvalue weighted by Crippen LogP contribution is 1.97. The second kappa shape index (κ2) is 5.75. The van der Waals surface area contributed by atoms with Crippen molar-refractivity contribution < 1.29 is 0 Å². The van der Waals surface area contributed by atoms with Crippen LogP contribution >= 0.6 is 0 Å². The number of aromatic nitrogens is 2. The van der Waals surface area contributed by atoms with Gasteiger partial charge in [0.25, 0.3) is 0 Å². The molecule has 1 N–H and O–H groups in total. The fourth-order valence-corrected chi connectivity index (χ4v) is 1.32. The van der Waals surface area contributed by atoms with Crippen molar-refractivity contribution in [1.29, 1.82) is 0 Å². The highest BCUT2D eigenvalue weighted by molar-refractivity contribution is 4.78. The van der Waals surface area contributed by atoms with Crippen LogP contribution in [0.3, 0.4) is 0 Å². The second-order valence-electron chi connectivity index (χ2n) is 3.54. The standard InChI is InChI=1S/C10H19N3/c1-3-5-11-8-10(2)9-13-7-4-6-12-13/h4,6-7,10-11H,3,5,8-9H2,1-2H3. The summed E-state index contributed by atoms with van der Waals surface area (Å²) in [4.78, 5) is 0. The lowest BCUT2D eigenvalue weighted by Crippen LogP contribution is -2.24. The molecule has 0 radical (unpaired) electrons. The monoisotopic (exact) mass is 181 g/mol. The summed E-state index contributed by atoms with van der Waals surface area (Å²) in [6.45, 7) is 7.62. The fraction of sp³-hybridized carbons (Fsp3) is 0.700. The first-order chi connectivity index (χ1) is 6.33. The summed E-state index contributed by atoms with van der Waals surface area (Å²) >= 11 is 0. The number of hydrogen-bond acceptors (Lipinski definition) is 2. The Morgan fingerprint density at radius 2 is 2.38 bits per heavy atom. The maximum Gasteiger partial charge on any atom is 0.0489 e. The lowest BCUT2D eigenvalue weighted by Gasteiger charge is -2.11. The average Bonchev–Trinajstić information content (AvgIpc) is 2.57. The highest BCUT2D eigenvalue weighted by Gasteiger charge is 2.01. The lowest BCUT2D eigenvalue weighted by atomic mass is 10.2. The van der Waals surface area contributed by atoms with E-state index in [2.05, 4.69) is 24.3 Å². The molecule has 1 aromatic rings. The summed E-state index contributed by atoms with van der Waals surface area (Å²) in [5.74, 6) is 0.645. The van der Waals surface area contributed by atoms with Crippen molar-refractivity contribution in [3.63, 3.8) is 0 Å². The van der Waals surface area contributed by atoms with Crippen LogP contribution in [0.1, 0.15) is 20.3 Å². The van der Waals surface area contributed by atoms with E-state index >= 15 is 0 Å². The van der Waals surface area contributed by atoms with E-state index in [0.717, 1.165) is 19.6 Å². The first-order valence-corrected chi connectivity index (χ1v) is 5.01. The van der Waals surface area contributed by atoms with Gasteiger partial charge in [-0.1, -0.05) is 13.8 Å². The van der Waals surface area contributed by atoms with Gasteiger partial charge in [0.05, 0.1) is 0 Å². The molecular weight excluding hydrogens is 162 g/mol. The van der Waals surface area contributed by atoms with E-state index in [0.29, 0.717) is 5.92 Å². The third-order valence-corrected chi connectivity index (χ3v) is 1.98. The van der Waals surface area contributed by atoms with E-state index in [1.54, 1.807) is 0 Å². The second-order valence-corrected chi connectivity index (χ2v) is 3.54. The molecule has 0 fully saturated rings. The van der Waals surface area contributed by atoms with Crippen LogP contribution in [0.15, 0.2) is 18.5 Å². The molecule has 3 heteroatoms. The Kier molecular flexibility index (Phi) is 4.54. The molecule has 0 spiro atoms. The molecule has 1 heterocycles. The van der Waals surface area contributed by atoms with Gasteiger partial charge in [-0.3, -0.25) is 4.68 Å². The Labute approximate surface area is 80.1 Å². The maximum absolute atomic E-state index is 4.17. The minimum absolute atomic E-state index is 0.645. The van der Waals surface area contributed by atoms with Crippen LogP contribution in [-0.4, -0.2) is 22.9 Å². The van der Waals surface area contributed by atoms with Crippen molar-refractivity contribution in [2.75, 3.05) is 13.1 Å². The van der Waals surface area contributed by atoms with Crippen molar-refractivity contribution in [3.8, 4) is 0 Å². The van der Waals surface area contributed by atoms with Crippen LogP contribution in [0.25, 0.3) is 0 Å². The van der Waals surface area contributed by atoms with Gasteiger partial charge in [0.15, 0.2) is 0 Å². The molecular formula is C10H19N3. The van der Waals surface area contributed by atoms with Crippen LogP contribution in [0.2, 0.25) is 0 Å². The third-order valence-electron chi connectivity index (χ3n) is 1.98. The Hall–Kier alpha value is -0.830. The summed E-state index contributed by atoms with van der Waals surface area (Å²) in [5.41, 5.74) is 0. The van der Waals surface area contributed by atoms with Gasteiger partial charge in [-0.2, -0.15) is 5.10 Å². The Balaban J connectivity index is 2.14. The third kappa shape index (κ3) is 4.08. The smallest absolute Gasteiger partial charge is 0.0489 e. The molecule has 0 saturated heterocycles. The SMILES string of the molecule is CCCNCC(C)Cn1cccn1. The van der Waals surface area contributed by atoms with Gasteiger partial charge in [0.1, 0.15) is 0 Å². The zero-order valence-electron chi connectivity index (χ0n) is 8.53. The van der Waals surface area contributed by atoms with Crippen molar-refractivity contribution in [1.82, 2.24) is 15.1 Å². The molecule has 0 bridgehead atoms. The van der Waals surface area contributed by atoms with Crippen molar-refractivity contribution in [3.05, 3.63) is 18.5 Å². The molecule has 0 aliphatic rings. The minimum atomic E-state index is 0.645. The first kappa shape index (κ1) is 10.3. The van der Waals surface area contributed by atoms with E-state index in [1.807, 2.05) is 23.1 Å². The molecule has 74 valence electrons. The number of nitrogens with one attached hydrogen (secondary N) is 1. The number of rotatable bonds is 6. The predicted octanol–water partition coefficient (Wildman–Crippen LogP) is 1.52. The fourth-order valence-electron chi connectivity index (χ4n) is 1.32. The highest BCUT2D eigenvalue weighted by atomic mass is 15.3. The largest absolute Gasteiger partial charge is 0.316 e. The molecule has 3 nitrogen and oxygen atoms in total. The lowest BCUT2D eigenvalue weighted by molar-refractivity contribution is 0.423. The summed E-state index contributed by atoms with van der Waals surface area (Å²) in [5, 5.41) is 7.58. The van der Waals surface area contributed by atoms with E-state index < -0.39 is 0 Å². The molecule has 1 atom stereocenters. The molecule has 0 saturated carbocycles. The van der Waals surface area contributed by atoms with E-state index in [-0.39, 0.29) is 0 Å². The minimum Gasteiger partial charge on any atom is -0.316 e. The number of hydrogen-bond donors (Lipinski definition) is 1. The van der Waals surface area contributed by atoms with Crippen molar-refractivity contribution in [2.24, 2.45) is 5.92 Å². The topological polar surface area (TPSA) is 29.9 Å². The summed E-state index contributed by atoms with van der Waals surface area (Å²) in [6, 6.07) is 1.96. The van der Waals surface area contributed by atoms with Crippen LogP contribution < -0.4 is 5.32 Å². The van der Waals surface area contributed by atoms with Gasteiger partial charge in [0.2, 0.25) is 0 Å². The van der Waals surface area contributed by atoms with Gasteiger partial charge in [-0.25, -0.2) is 0 Å². The van der Waals surface area contributed by atoms with E-state index in [1.165, 1.54) is 6.42 Å². The zero-order chi connectivity index (χ0) is 9.52. The molecule has 1 aromatic heterocycles. The van der Waals surface area contributed by atoms with Crippen LogP contribution in [0.5, 0.6) is 0 Å². The van der Waals surface area contributed by atoms with Crippen molar-refractivity contribution >= 4 is 0 Å². The van der Waals surface area contributed by atoms with Gasteiger partial charge in [-0.05, 0) is 31.5 Å². The molecule has 1 rings (SSSR count). The van der Waals surface area contributed by atoms with Gasteiger partial charge in [-0.15, -0.1) is 0 Å². The summed E-state index contributed by atoms with van der Waals surface area (Å²) in [7, 11) is 0. The van der Waals surface area contributed by atoms with Crippen LogP contribution in [-0.2, 0) is 6.54 Å². The Morgan fingerprint density at radius 3 is 3.00 bits per heavy atom. The van der Waals surface area contributed by atoms with Crippen molar-refractivity contribution in [2.45, 2.75) is 26.8 Å². The maximum atomic E-state index is 4.17. The van der Waals surface area contributed by atoms with Gasteiger partial charge >= 0.3 is 0 Å². The Bertz CT molecular complexity index is 206. The first-order valence-electron chi connectivity index (χ1n) is 5.01. The van der Waals surface area contributed by atoms with Crippen LogP contribution in [0.4, 0.5) is 0 Å². The predicted molar refractivity (Wildman–Crippen MR) is 54.6 cm³/mol. The summed E-state index contributed by atoms with van der Waals surface area (Å²) in [6.07, 6.45) is 5.04. The Morgan fingerprint density at radius 1 is 1.54 bits per heavy atom. The quantitative estimate of drug-likeness (QED) is 0.674. The molecule has 0 amide bonds. The molecule has 1 unspecified atom stereocenters. The van der Waals surface area contributed by atoms with E-state index in [9.17, 15) is 0 Å². The number of nitrogens with zero attached hydrogens (tertiary/aromatic N) is 2. The van der Waals surface area contributed by atoms with Crippen LogP contribution in [0, 0.1) is 5.92 Å². The molecule has 0 aromatic carbocycles. The van der Waals surface area contributed by atoms with Gasteiger partial charge < -0.3 is 5.32 Å². The molecule has 13 heavy (non-hydrogen) atoms. The zero-order valence-corrected chi connectivity index (χ0v) is 8.53. The summed E-state index contributed by atoms with van der Waals surface area (Å²) < 4.78 is 1.98. The molecule has 0 aliphatic carbocycles. The average molecular weight is 181 g/mol.